The van der Waals surface area contributed by atoms with Gasteiger partial charge in [0.2, 0.25) is 0 Å². The first-order valence-corrected chi connectivity index (χ1v) is 6.73. The lowest BCUT2D eigenvalue weighted by molar-refractivity contribution is 0.0933. The van der Waals surface area contributed by atoms with Crippen molar-refractivity contribution in [1.82, 2.24) is 5.32 Å². The molecule has 0 bridgehead atoms. The molecule has 3 N–H and O–H groups in total. The van der Waals surface area contributed by atoms with E-state index in [0.717, 1.165) is 23.7 Å². The molecule has 0 aliphatic carbocycles. The molecule has 3 nitrogen and oxygen atoms in total. The Morgan fingerprint density at radius 1 is 1.47 bits per heavy atom. The summed E-state index contributed by atoms with van der Waals surface area (Å²) in [5, 5.41) is 3.03. The van der Waals surface area contributed by atoms with Crippen LogP contribution in [0, 0.1) is 0 Å². The Hall–Kier alpha value is -1.03. The number of benzene rings is 1. The summed E-state index contributed by atoms with van der Waals surface area (Å²) in [6.45, 7) is 4.19. The highest BCUT2D eigenvalue weighted by atomic mass is 79.9. The number of hydrogen-bond donors (Lipinski definition) is 2. The fourth-order valence-corrected chi connectivity index (χ4v) is 2.13. The van der Waals surface area contributed by atoms with Crippen LogP contribution < -0.4 is 11.1 Å². The van der Waals surface area contributed by atoms with Crippen molar-refractivity contribution in [2.24, 2.45) is 0 Å². The number of carbonyl (C=O) groups excluding carboxylic acids is 1. The second kappa shape index (κ2) is 6.64. The van der Waals surface area contributed by atoms with Crippen molar-refractivity contribution < 1.29 is 4.79 Å². The van der Waals surface area contributed by atoms with E-state index in [9.17, 15) is 4.79 Å². The number of anilines is 1. The first-order chi connectivity index (χ1) is 8.08. The number of hydrogen-bond acceptors (Lipinski definition) is 2. The van der Waals surface area contributed by atoms with Gasteiger partial charge < -0.3 is 11.1 Å². The number of nitrogens with two attached hydrogens (primary N) is 1. The van der Waals surface area contributed by atoms with Crippen LogP contribution in [0.25, 0.3) is 0 Å². The molecular weight excluding hydrogens is 280 g/mol. The van der Waals surface area contributed by atoms with Crippen molar-refractivity contribution in [2.75, 3.05) is 5.73 Å². The maximum Gasteiger partial charge on any atom is 0.252 e. The molecule has 1 aromatic carbocycles. The molecule has 0 aromatic heterocycles. The summed E-state index contributed by atoms with van der Waals surface area (Å²) in [6.07, 6.45) is 3.01. The molecule has 1 atom stereocenters. The third-order valence-corrected chi connectivity index (χ3v) is 3.39. The first-order valence-electron chi connectivity index (χ1n) is 5.94. The van der Waals surface area contributed by atoms with Gasteiger partial charge in [-0.1, -0.05) is 20.3 Å². The van der Waals surface area contributed by atoms with E-state index in [1.54, 1.807) is 18.2 Å². The number of halogens is 1. The topological polar surface area (TPSA) is 55.1 Å². The Morgan fingerprint density at radius 3 is 2.76 bits per heavy atom. The van der Waals surface area contributed by atoms with Gasteiger partial charge in [-0.2, -0.15) is 0 Å². The molecule has 0 fully saturated rings. The zero-order chi connectivity index (χ0) is 12.8. The fraction of sp³-hybridized carbons (Fsp3) is 0.462. The predicted molar refractivity (Wildman–Crippen MR) is 75.0 cm³/mol. The second-order valence-electron chi connectivity index (χ2n) is 4.11. The monoisotopic (exact) mass is 298 g/mol. The van der Waals surface area contributed by atoms with Crippen LogP contribution >= 0.6 is 15.9 Å². The number of amides is 1. The Bertz CT molecular complexity index is 393. The Kier molecular flexibility index (Phi) is 5.48. The average Bonchev–Trinajstić information content (AvgIpc) is 2.31. The van der Waals surface area contributed by atoms with Gasteiger partial charge in [-0.05, 0) is 47.0 Å². The van der Waals surface area contributed by atoms with Crippen LogP contribution in [0.5, 0.6) is 0 Å². The summed E-state index contributed by atoms with van der Waals surface area (Å²) in [5.41, 5.74) is 6.88. The smallest absolute Gasteiger partial charge is 0.252 e. The highest BCUT2D eigenvalue weighted by molar-refractivity contribution is 9.10. The van der Waals surface area contributed by atoms with E-state index in [-0.39, 0.29) is 11.9 Å². The van der Waals surface area contributed by atoms with Crippen LogP contribution in [0.15, 0.2) is 22.7 Å². The molecule has 1 unspecified atom stereocenters. The summed E-state index contributed by atoms with van der Waals surface area (Å²) in [5.74, 6) is -0.0653. The number of nitrogens with one attached hydrogen (secondary N) is 1. The zero-order valence-corrected chi connectivity index (χ0v) is 11.9. The van der Waals surface area contributed by atoms with Gasteiger partial charge >= 0.3 is 0 Å². The summed E-state index contributed by atoms with van der Waals surface area (Å²) in [4.78, 5) is 12.1. The van der Waals surface area contributed by atoms with Gasteiger partial charge in [-0.15, -0.1) is 0 Å². The maximum absolute atomic E-state index is 12.1. The van der Waals surface area contributed by atoms with E-state index in [2.05, 4.69) is 35.1 Å². The molecule has 1 aromatic rings. The van der Waals surface area contributed by atoms with Crippen LogP contribution in [0.4, 0.5) is 5.69 Å². The van der Waals surface area contributed by atoms with Crippen LogP contribution in [0.2, 0.25) is 0 Å². The van der Waals surface area contributed by atoms with Crippen LogP contribution in [-0.2, 0) is 0 Å². The van der Waals surface area contributed by atoms with Crippen molar-refractivity contribution in [3.05, 3.63) is 28.2 Å². The minimum Gasteiger partial charge on any atom is -0.399 e. The van der Waals surface area contributed by atoms with Crippen LogP contribution in [0.3, 0.4) is 0 Å². The molecule has 17 heavy (non-hydrogen) atoms. The van der Waals surface area contributed by atoms with E-state index in [1.165, 1.54) is 0 Å². The Labute approximate surface area is 111 Å². The molecule has 1 amide bonds. The standard InChI is InChI=1S/C13H19BrN2O/c1-3-5-10(4-2)16-13(17)11-8-9(15)6-7-12(11)14/h6-8,10H,3-5,15H2,1-2H3,(H,16,17). The lowest BCUT2D eigenvalue weighted by Crippen LogP contribution is -2.34. The molecule has 0 spiro atoms. The van der Waals surface area contributed by atoms with Crippen LogP contribution in [-0.4, -0.2) is 11.9 Å². The number of nitrogen functional groups attached to an aromatic ring is 1. The Morgan fingerprint density at radius 2 is 2.18 bits per heavy atom. The third-order valence-electron chi connectivity index (χ3n) is 2.70. The van der Waals surface area contributed by atoms with Crippen molar-refractivity contribution in [2.45, 2.75) is 39.2 Å². The van der Waals surface area contributed by atoms with Gasteiger partial charge in [0.15, 0.2) is 0 Å². The predicted octanol–water partition coefficient (Wildman–Crippen LogP) is 3.34. The van der Waals surface area contributed by atoms with Gasteiger partial charge in [0, 0.05) is 16.2 Å². The minimum absolute atomic E-state index is 0.0653. The largest absolute Gasteiger partial charge is 0.399 e. The summed E-state index contributed by atoms with van der Waals surface area (Å²) >= 11 is 3.37. The van der Waals surface area contributed by atoms with E-state index >= 15 is 0 Å². The number of carbonyl (C=O) groups is 1. The first kappa shape index (κ1) is 14.0. The average molecular weight is 299 g/mol. The molecule has 0 aliphatic rings. The molecule has 4 heteroatoms. The SMILES string of the molecule is CCCC(CC)NC(=O)c1cc(N)ccc1Br. The van der Waals surface area contributed by atoms with Crippen molar-refractivity contribution in [3.63, 3.8) is 0 Å². The van der Waals surface area contributed by atoms with Crippen molar-refractivity contribution in [1.29, 1.82) is 0 Å². The molecular formula is C13H19BrN2O. The van der Waals surface area contributed by atoms with Gasteiger partial charge in [-0.25, -0.2) is 0 Å². The van der Waals surface area contributed by atoms with E-state index in [0.29, 0.717) is 11.3 Å². The molecule has 0 saturated carbocycles. The lowest BCUT2D eigenvalue weighted by atomic mass is 10.1. The maximum atomic E-state index is 12.1. The van der Waals surface area contributed by atoms with Gasteiger partial charge in [0.05, 0.1) is 5.56 Å². The van der Waals surface area contributed by atoms with Crippen LogP contribution in [0.1, 0.15) is 43.5 Å². The Balaban J connectivity index is 2.78. The van der Waals surface area contributed by atoms with Crippen molar-refractivity contribution in [3.8, 4) is 0 Å². The number of rotatable bonds is 5. The highest BCUT2D eigenvalue weighted by Crippen LogP contribution is 2.19. The lowest BCUT2D eigenvalue weighted by Gasteiger charge is -2.16. The molecule has 1 rings (SSSR count). The molecule has 0 saturated heterocycles. The third kappa shape index (κ3) is 4.04. The van der Waals surface area contributed by atoms with E-state index in [4.69, 9.17) is 5.73 Å². The normalized spacial score (nSPS) is 12.2. The zero-order valence-electron chi connectivity index (χ0n) is 10.3. The highest BCUT2D eigenvalue weighted by Gasteiger charge is 2.14. The van der Waals surface area contributed by atoms with E-state index in [1.807, 2.05) is 0 Å². The minimum atomic E-state index is -0.0653. The quantitative estimate of drug-likeness (QED) is 0.819. The molecule has 0 radical (unpaired) electrons. The molecule has 94 valence electrons. The van der Waals surface area contributed by atoms with Crippen molar-refractivity contribution >= 4 is 27.5 Å². The summed E-state index contributed by atoms with van der Waals surface area (Å²) in [6, 6.07) is 5.49. The molecule has 0 aliphatic heterocycles. The van der Waals surface area contributed by atoms with Gasteiger partial charge in [0.1, 0.15) is 0 Å². The van der Waals surface area contributed by atoms with Gasteiger partial charge in [0.25, 0.3) is 5.91 Å². The van der Waals surface area contributed by atoms with Gasteiger partial charge in [-0.3, -0.25) is 4.79 Å². The van der Waals surface area contributed by atoms with E-state index < -0.39 is 0 Å². The molecule has 0 heterocycles. The second-order valence-corrected chi connectivity index (χ2v) is 4.96. The fourth-order valence-electron chi connectivity index (χ4n) is 1.71. The summed E-state index contributed by atoms with van der Waals surface area (Å²) in [7, 11) is 0. The summed E-state index contributed by atoms with van der Waals surface area (Å²) < 4.78 is 0.774.